The van der Waals surface area contributed by atoms with E-state index >= 15 is 0 Å². The van der Waals surface area contributed by atoms with Crippen molar-refractivity contribution in [2.24, 2.45) is 4.99 Å². The lowest BCUT2D eigenvalue weighted by molar-refractivity contribution is 0.635. The summed E-state index contributed by atoms with van der Waals surface area (Å²) in [5.41, 5.74) is 2.26. The molecule has 2 aromatic rings. The minimum atomic E-state index is 0.742. The van der Waals surface area contributed by atoms with Crippen molar-refractivity contribution in [1.82, 2.24) is 20.2 Å². The molecule has 23 heavy (non-hydrogen) atoms. The summed E-state index contributed by atoms with van der Waals surface area (Å²) in [4.78, 5) is 8.73. The Balaban J connectivity index is 1.39. The average molecular weight is 331 g/mol. The molecule has 0 spiro atoms. The van der Waals surface area contributed by atoms with E-state index in [2.05, 4.69) is 55.1 Å². The van der Waals surface area contributed by atoms with Gasteiger partial charge in [-0.3, -0.25) is 4.99 Å². The van der Waals surface area contributed by atoms with E-state index in [0.717, 1.165) is 42.8 Å². The van der Waals surface area contributed by atoms with Crippen molar-refractivity contribution in [3.8, 4) is 0 Å². The summed E-state index contributed by atoms with van der Waals surface area (Å²) in [5.74, 6) is 2.21. The monoisotopic (exact) mass is 331 g/mol. The minimum absolute atomic E-state index is 0.742. The molecule has 6 heteroatoms. The lowest BCUT2D eigenvalue weighted by Crippen LogP contribution is -2.40. The van der Waals surface area contributed by atoms with E-state index in [1.165, 1.54) is 24.1 Å². The lowest BCUT2D eigenvalue weighted by Gasteiger charge is -2.14. The Morgan fingerprint density at radius 2 is 2.30 bits per heavy atom. The van der Waals surface area contributed by atoms with Gasteiger partial charge in [-0.2, -0.15) is 11.8 Å². The lowest BCUT2D eigenvalue weighted by atomic mass is 10.2. The highest BCUT2D eigenvalue weighted by Gasteiger charge is 2.15. The van der Waals surface area contributed by atoms with E-state index in [9.17, 15) is 0 Å². The van der Waals surface area contributed by atoms with Gasteiger partial charge in [0.15, 0.2) is 5.96 Å². The van der Waals surface area contributed by atoms with Gasteiger partial charge < -0.3 is 15.2 Å². The molecule has 1 aliphatic rings. The minimum Gasteiger partial charge on any atom is -0.356 e. The highest BCUT2D eigenvalue weighted by Crippen LogP contribution is 2.25. The largest absolute Gasteiger partial charge is 0.356 e. The Bertz CT molecular complexity index is 645. The van der Waals surface area contributed by atoms with E-state index in [0.29, 0.717) is 0 Å². The highest BCUT2D eigenvalue weighted by atomic mass is 32.2. The molecule has 1 aromatic heterocycles. The fourth-order valence-corrected chi connectivity index (χ4v) is 4.08. The van der Waals surface area contributed by atoms with Crippen LogP contribution in [0.15, 0.2) is 35.6 Å². The first-order chi connectivity index (χ1) is 11.4. The first-order valence-corrected chi connectivity index (χ1v) is 9.37. The second-order valence-electron chi connectivity index (χ2n) is 5.80. The summed E-state index contributed by atoms with van der Waals surface area (Å²) >= 11 is 2.07. The van der Waals surface area contributed by atoms with Crippen molar-refractivity contribution in [1.29, 1.82) is 0 Å². The van der Waals surface area contributed by atoms with Gasteiger partial charge in [0, 0.05) is 31.9 Å². The van der Waals surface area contributed by atoms with Crippen LogP contribution >= 0.6 is 11.8 Å². The molecule has 1 aliphatic heterocycles. The van der Waals surface area contributed by atoms with Gasteiger partial charge in [0.25, 0.3) is 0 Å². The zero-order chi connectivity index (χ0) is 15.9. The number of para-hydroxylation sites is 2. The molecule has 0 radical (unpaired) electrons. The van der Waals surface area contributed by atoms with Gasteiger partial charge in [-0.25, -0.2) is 4.98 Å². The highest BCUT2D eigenvalue weighted by molar-refractivity contribution is 8.00. The Hall–Kier alpha value is -1.69. The average Bonchev–Trinajstić information content (AvgIpc) is 3.24. The Morgan fingerprint density at radius 1 is 1.39 bits per heavy atom. The number of nitrogens with one attached hydrogen (secondary N) is 2. The number of fused-ring (bicyclic) bond motifs is 1. The number of rotatable bonds is 6. The van der Waals surface area contributed by atoms with Gasteiger partial charge in [0.05, 0.1) is 17.4 Å². The number of benzene rings is 1. The molecule has 1 unspecified atom stereocenters. The van der Waals surface area contributed by atoms with Crippen LogP contribution in [-0.2, 0) is 6.54 Å². The number of imidazole rings is 1. The molecule has 1 fully saturated rings. The van der Waals surface area contributed by atoms with E-state index < -0.39 is 0 Å². The number of hydrogen-bond acceptors (Lipinski definition) is 3. The fraction of sp³-hybridized carbons (Fsp3) is 0.529. The third-order valence-corrected chi connectivity index (χ3v) is 5.54. The number of aliphatic imine (C=N–C) groups is 1. The normalized spacial score (nSPS) is 18.5. The van der Waals surface area contributed by atoms with Crippen LogP contribution in [0.3, 0.4) is 0 Å². The standard InChI is InChI=1S/C17H25N5S/c1-18-17(20-12-14-6-4-11-23-14)19-9-5-10-22-13-21-15-7-2-3-8-16(15)22/h2-3,7-8,13-14H,4-6,9-12H2,1H3,(H2,18,19,20). The van der Waals surface area contributed by atoms with Crippen molar-refractivity contribution < 1.29 is 0 Å². The van der Waals surface area contributed by atoms with Crippen LogP contribution in [0.2, 0.25) is 0 Å². The van der Waals surface area contributed by atoms with Crippen molar-refractivity contribution in [2.45, 2.75) is 31.1 Å². The molecule has 5 nitrogen and oxygen atoms in total. The van der Waals surface area contributed by atoms with Crippen LogP contribution in [0.1, 0.15) is 19.3 Å². The maximum absolute atomic E-state index is 4.43. The summed E-state index contributed by atoms with van der Waals surface area (Å²) in [6.45, 7) is 2.88. The molecule has 1 saturated heterocycles. The predicted molar refractivity (Wildman–Crippen MR) is 99.2 cm³/mol. The van der Waals surface area contributed by atoms with Crippen LogP contribution in [-0.4, -0.2) is 46.7 Å². The van der Waals surface area contributed by atoms with Gasteiger partial charge >= 0.3 is 0 Å². The van der Waals surface area contributed by atoms with E-state index in [1.807, 2.05) is 19.4 Å². The second kappa shape index (κ2) is 8.24. The van der Waals surface area contributed by atoms with Crippen molar-refractivity contribution in [3.05, 3.63) is 30.6 Å². The zero-order valence-electron chi connectivity index (χ0n) is 13.7. The molecule has 1 aromatic carbocycles. The molecule has 1 atom stereocenters. The number of hydrogen-bond donors (Lipinski definition) is 2. The zero-order valence-corrected chi connectivity index (χ0v) is 14.5. The summed E-state index contributed by atoms with van der Waals surface area (Å²) in [7, 11) is 1.83. The molecular formula is C17H25N5S. The summed E-state index contributed by atoms with van der Waals surface area (Å²) in [6, 6.07) is 8.26. The fourth-order valence-electron chi connectivity index (χ4n) is 2.88. The number of thioether (sulfide) groups is 1. The van der Waals surface area contributed by atoms with Crippen molar-refractivity contribution in [3.63, 3.8) is 0 Å². The van der Waals surface area contributed by atoms with Crippen LogP contribution in [0.25, 0.3) is 11.0 Å². The number of guanidine groups is 1. The predicted octanol–water partition coefficient (Wildman–Crippen LogP) is 2.49. The van der Waals surface area contributed by atoms with Crippen molar-refractivity contribution in [2.75, 3.05) is 25.9 Å². The van der Waals surface area contributed by atoms with Crippen LogP contribution in [0.4, 0.5) is 0 Å². The van der Waals surface area contributed by atoms with E-state index in [-0.39, 0.29) is 0 Å². The third-order valence-electron chi connectivity index (χ3n) is 4.14. The maximum Gasteiger partial charge on any atom is 0.191 e. The van der Waals surface area contributed by atoms with E-state index in [4.69, 9.17) is 0 Å². The van der Waals surface area contributed by atoms with Gasteiger partial charge in [0.1, 0.15) is 0 Å². The Kier molecular flexibility index (Phi) is 5.80. The Labute approximate surface area is 142 Å². The van der Waals surface area contributed by atoms with Gasteiger partial charge in [0.2, 0.25) is 0 Å². The van der Waals surface area contributed by atoms with Crippen LogP contribution < -0.4 is 10.6 Å². The molecule has 0 aliphatic carbocycles. The molecule has 124 valence electrons. The molecular weight excluding hydrogens is 306 g/mol. The first kappa shape index (κ1) is 16.2. The van der Waals surface area contributed by atoms with E-state index in [1.54, 1.807) is 0 Å². The third kappa shape index (κ3) is 4.41. The molecule has 0 amide bonds. The quantitative estimate of drug-likeness (QED) is 0.485. The SMILES string of the molecule is CN=C(NCCCn1cnc2ccccc21)NCC1CCCS1. The van der Waals surface area contributed by atoms with Crippen LogP contribution in [0.5, 0.6) is 0 Å². The Morgan fingerprint density at radius 3 is 3.13 bits per heavy atom. The molecule has 2 N–H and O–H groups in total. The smallest absolute Gasteiger partial charge is 0.191 e. The van der Waals surface area contributed by atoms with Gasteiger partial charge in [-0.15, -0.1) is 0 Å². The first-order valence-electron chi connectivity index (χ1n) is 8.33. The number of aromatic nitrogens is 2. The molecule has 3 rings (SSSR count). The number of nitrogens with zero attached hydrogens (tertiary/aromatic N) is 3. The topological polar surface area (TPSA) is 54.2 Å². The summed E-state index contributed by atoms with van der Waals surface area (Å²) < 4.78 is 2.21. The van der Waals surface area contributed by atoms with Crippen LogP contribution in [0, 0.1) is 0 Å². The molecule has 2 heterocycles. The van der Waals surface area contributed by atoms with Gasteiger partial charge in [-0.05, 0) is 37.1 Å². The summed E-state index contributed by atoms with van der Waals surface area (Å²) in [6.07, 6.45) is 5.64. The number of aryl methyl sites for hydroxylation is 1. The molecule has 0 saturated carbocycles. The maximum atomic E-state index is 4.43. The van der Waals surface area contributed by atoms with Gasteiger partial charge in [-0.1, -0.05) is 12.1 Å². The molecule has 0 bridgehead atoms. The summed E-state index contributed by atoms with van der Waals surface area (Å²) in [5, 5.41) is 7.57. The van der Waals surface area contributed by atoms with Crippen molar-refractivity contribution >= 4 is 28.8 Å². The second-order valence-corrected chi connectivity index (χ2v) is 7.20.